The Labute approximate surface area is 567 Å². The van der Waals surface area contributed by atoms with E-state index < -0.39 is 11.8 Å². The quantitative estimate of drug-likeness (QED) is 0.0345. The Morgan fingerprint density at radius 3 is 0.667 bits per heavy atom. The summed E-state index contributed by atoms with van der Waals surface area (Å²) in [5, 5.41) is 44.2. The molecule has 12 heteroatoms. The predicted octanol–water partition coefficient (Wildman–Crippen LogP) is 22.4. The average molecular weight is 1300 g/mol. The molecule has 0 spiro atoms. The second-order valence-corrected chi connectivity index (χ2v) is 27.2. The van der Waals surface area contributed by atoms with Crippen LogP contribution >= 0.6 is 0 Å². The largest absolute Gasteiger partial charge is 0.508 e. The molecule has 4 aliphatic heterocycles. The van der Waals surface area contributed by atoms with Gasteiger partial charge in [-0.1, -0.05) is 205 Å². The van der Waals surface area contributed by atoms with Crippen LogP contribution in [-0.4, -0.2) is 47.6 Å². The molecule has 0 amide bonds. The van der Waals surface area contributed by atoms with Gasteiger partial charge in [-0.3, -0.25) is 0 Å². The van der Waals surface area contributed by atoms with Crippen molar-refractivity contribution in [2.24, 2.45) is 0 Å². The second-order valence-electron chi connectivity index (χ2n) is 27.2. The Balaban J connectivity index is 1.25. The van der Waals surface area contributed by atoms with Gasteiger partial charge in [-0.15, -0.1) is 0 Å². The fourth-order valence-corrected chi connectivity index (χ4v) is 16.0. The van der Waals surface area contributed by atoms with Crippen LogP contribution in [0.4, 0.5) is 0 Å². The standard InChI is InChI=1S/C84H96O12/c1-5-9-13-17-21-25-61-69-45-65(53-29-37-57(85)38-30-53)77-73-63(27-23-19-15-11-7-3)75-79(91-49-89-77)67(55-33-41-59(87)42-34-55)47-71-62(26-22-18-14-10-6-2)72-48-68(56-35-43-60(88)44-36-56)80-76(84(72)96-52-95-83(71)75)64(28-24-20-16-12-8-4)74-78(90-50-92-80)66(54-31-39-58(86)40-32-54)46-70(61)82(74)94-51-93-81(69)73/h29-48,61-64,85-88H,5-28,49-52H2,1-4H3. The van der Waals surface area contributed by atoms with Crippen LogP contribution in [0, 0.1) is 0 Å². The number of aromatic hydroxyl groups is 4. The number of fused-ring (bicyclic) bond motifs is 12. The first-order valence-corrected chi connectivity index (χ1v) is 36.2. The Bertz CT molecular complexity index is 3480. The molecule has 12 rings (SSSR count). The molecule has 4 aliphatic rings. The molecule has 4 heterocycles. The van der Waals surface area contributed by atoms with Crippen molar-refractivity contribution < 1.29 is 58.3 Å². The molecule has 8 aromatic carbocycles. The minimum atomic E-state index is -0.477. The molecule has 0 radical (unpaired) electrons. The van der Waals surface area contributed by atoms with Gasteiger partial charge in [0, 0.05) is 90.4 Å². The first-order chi connectivity index (χ1) is 47.2. The second kappa shape index (κ2) is 30.6. The fraction of sp³-hybridized carbons (Fsp3) is 0.429. The third-order valence-corrected chi connectivity index (χ3v) is 20.8. The maximum atomic E-state index is 11.0. The first kappa shape index (κ1) is 66.0. The molecule has 0 unspecified atom stereocenters. The minimum absolute atomic E-state index is 0.150. The van der Waals surface area contributed by atoms with Crippen molar-refractivity contribution in [3.05, 3.63) is 166 Å². The molecular weight excluding hydrogens is 1200 g/mol. The van der Waals surface area contributed by atoms with E-state index >= 15 is 0 Å². The van der Waals surface area contributed by atoms with E-state index in [-0.39, 0.29) is 62.0 Å². The molecular formula is C84H96O12. The van der Waals surface area contributed by atoms with E-state index in [1.165, 1.54) is 0 Å². The molecule has 96 heavy (non-hydrogen) atoms. The summed E-state index contributed by atoms with van der Waals surface area (Å²) in [6.07, 6.45) is 23.7. The minimum Gasteiger partial charge on any atom is -0.508 e. The Hall–Kier alpha value is -8.64. The molecule has 504 valence electrons. The molecule has 0 bridgehead atoms. The summed E-state index contributed by atoms with van der Waals surface area (Å²) in [6, 6.07) is 39.1. The van der Waals surface area contributed by atoms with Gasteiger partial charge in [0.15, 0.2) is 0 Å². The first-order valence-electron chi connectivity index (χ1n) is 36.2. The number of hydrogen-bond donors (Lipinski definition) is 4. The molecule has 0 aromatic heterocycles. The summed E-state index contributed by atoms with van der Waals surface area (Å²) in [5.74, 6) is 4.37. The van der Waals surface area contributed by atoms with Crippen molar-refractivity contribution in [3.63, 3.8) is 0 Å². The maximum absolute atomic E-state index is 11.0. The topological polar surface area (TPSA) is 155 Å². The lowest BCUT2D eigenvalue weighted by Gasteiger charge is -2.39. The predicted molar refractivity (Wildman–Crippen MR) is 380 cm³/mol. The van der Waals surface area contributed by atoms with E-state index in [0.29, 0.717) is 58.8 Å². The number of rotatable bonds is 28. The highest BCUT2D eigenvalue weighted by Gasteiger charge is 2.45. The summed E-state index contributed by atoms with van der Waals surface area (Å²) in [6.45, 7) is 8.40. The smallest absolute Gasteiger partial charge is 0.230 e. The van der Waals surface area contributed by atoms with Crippen molar-refractivity contribution in [3.8, 4) is 114 Å². The van der Waals surface area contributed by atoms with Crippen molar-refractivity contribution in [1.82, 2.24) is 0 Å². The van der Waals surface area contributed by atoms with Gasteiger partial charge < -0.3 is 58.3 Å². The van der Waals surface area contributed by atoms with Gasteiger partial charge in [0.05, 0.1) is 0 Å². The molecule has 0 atom stereocenters. The zero-order valence-corrected chi connectivity index (χ0v) is 56.7. The molecule has 0 saturated heterocycles. The Morgan fingerprint density at radius 2 is 0.448 bits per heavy atom. The summed E-state index contributed by atoms with van der Waals surface area (Å²) in [5.41, 5.74) is 14.4. The molecule has 12 nitrogen and oxygen atoms in total. The highest BCUT2D eigenvalue weighted by molar-refractivity contribution is 5.86. The van der Waals surface area contributed by atoms with Crippen LogP contribution in [-0.2, 0) is 0 Å². The number of benzene rings is 8. The maximum Gasteiger partial charge on any atom is 0.230 e. The third kappa shape index (κ3) is 13.6. The van der Waals surface area contributed by atoms with Crippen LogP contribution in [0.25, 0.3) is 44.5 Å². The average Bonchev–Trinajstić information content (AvgIpc) is 0.714. The zero-order chi connectivity index (χ0) is 66.1. The molecule has 4 N–H and O–H groups in total. The van der Waals surface area contributed by atoms with Crippen LogP contribution in [0.15, 0.2) is 121 Å². The van der Waals surface area contributed by atoms with Crippen molar-refractivity contribution in [2.75, 3.05) is 27.2 Å². The van der Waals surface area contributed by atoms with Crippen LogP contribution < -0.4 is 37.9 Å². The van der Waals surface area contributed by atoms with Gasteiger partial charge in [-0.25, -0.2) is 0 Å². The summed E-state index contributed by atoms with van der Waals surface area (Å²) in [7, 11) is 0. The van der Waals surface area contributed by atoms with Gasteiger partial charge in [0.1, 0.15) is 69.0 Å². The lowest BCUT2D eigenvalue weighted by atomic mass is 9.72. The van der Waals surface area contributed by atoms with Gasteiger partial charge in [0.25, 0.3) is 0 Å². The Morgan fingerprint density at radius 1 is 0.250 bits per heavy atom. The summed E-state index contributed by atoms with van der Waals surface area (Å²) in [4.78, 5) is 0. The summed E-state index contributed by atoms with van der Waals surface area (Å²) >= 11 is 0. The highest BCUT2D eigenvalue weighted by Crippen LogP contribution is 2.64. The van der Waals surface area contributed by atoms with E-state index in [2.05, 4.69) is 52.0 Å². The molecule has 0 fully saturated rings. The lowest BCUT2D eigenvalue weighted by molar-refractivity contribution is 0.0914. The van der Waals surface area contributed by atoms with E-state index in [9.17, 15) is 20.4 Å². The zero-order valence-electron chi connectivity index (χ0n) is 56.7. The molecule has 0 aliphatic carbocycles. The van der Waals surface area contributed by atoms with Crippen molar-refractivity contribution in [1.29, 1.82) is 0 Å². The van der Waals surface area contributed by atoms with E-state index in [0.717, 1.165) is 230 Å². The van der Waals surface area contributed by atoms with Gasteiger partial charge >= 0.3 is 0 Å². The lowest BCUT2D eigenvalue weighted by Crippen LogP contribution is -2.26. The Kier molecular flexibility index (Phi) is 21.0. The highest BCUT2D eigenvalue weighted by atomic mass is 16.7. The monoisotopic (exact) mass is 1300 g/mol. The van der Waals surface area contributed by atoms with Crippen molar-refractivity contribution in [2.45, 2.75) is 205 Å². The third-order valence-electron chi connectivity index (χ3n) is 20.8. The van der Waals surface area contributed by atoms with Gasteiger partial charge in [-0.2, -0.15) is 0 Å². The molecule has 0 saturated carbocycles. The fourth-order valence-electron chi connectivity index (χ4n) is 16.0. The van der Waals surface area contributed by atoms with Crippen LogP contribution in [0.5, 0.6) is 69.0 Å². The van der Waals surface area contributed by atoms with E-state index in [1.807, 2.05) is 48.5 Å². The summed E-state index contributed by atoms with van der Waals surface area (Å²) < 4.78 is 59.9. The van der Waals surface area contributed by atoms with E-state index in [1.54, 1.807) is 48.5 Å². The van der Waals surface area contributed by atoms with Crippen LogP contribution in [0.3, 0.4) is 0 Å². The number of phenolic OH excluding ortho intramolecular Hbond substituents is 4. The normalized spacial score (nSPS) is 17.0. The number of phenols is 4. The van der Waals surface area contributed by atoms with Gasteiger partial charge in [0.2, 0.25) is 27.2 Å². The van der Waals surface area contributed by atoms with E-state index in [4.69, 9.17) is 37.9 Å². The van der Waals surface area contributed by atoms with Crippen LogP contribution in [0.1, 0.15) is 250 Å². The number of unbranched alkanes of at least 4 members (excludes halogenated alkanes) is 16. The van der Waals surface area contributed by atoms with Crippen LogP contribution in [0.2, 0.25) is 0 Å². The van der Waals surface area contributed by atoms with Gasteiger partial charge in [-0.05, 0) is 121 Å². The number of hydrogen-bond acceptors (Lipinski definition) is 12. The molecule has 8 aromatic rings. The number of ether oxygens (including phenoxy) is 8. The SMILES string of the molecule is CCCCCCCC1c2cc(-c3ccc(O)cc3)c3c4c2OCOc2c1cc(-c1ccc(O)cc1)c1c2C(CCCCCCC)c2c(c(-c5ccc(O)cc5)cc5c2OCOc2c(cc(-c6ccc(O)cc6)c(c2C4CCCCCCC)OCO3)C5CCCCCCC)OCO1. The van der Waals surface area contributed by atoms with Crippen molar-refractivity contribution >= 4 is 0 Å².